The molecule has 4 aromatic rings. The Bertz CT molecular complexity index is 1590. The fourth-order valence-electron chi connectivity index (χ4n) is 5.01. The summed E-state index contributed by atoms with van der Waals surface area (Å²) >= 11 is 0. The highest BCUT2D eigenvalue weighted by Gasteiger charge is 2.36. The van der Waals surface area contributed by atoms with Gasteiger partial charge in [-0.1, -0.05) is 0 Å². The quantitative estimate of drug-likeness (QED) is 0.360. The molecule has 2 fully saturated rings. The number of methoxy groups -OCH3 is 1. The second-order valence-corrected chi connectivity index (χ2v) is 9.34. The van der Waals surface area contributed by atoms with Gasteiger partial charge in [-0.3, -0.25) is 4.90 Å². The number of rotatable bonds is 7. The third-order valence-corrected chi connectivity index (χ3v) is 6.98. The van der Waals surface area contributed by atoms with E-state index in [9.17, 15) is 13.2 Å². The predicted octanol–water partition coefficient (Wildman–Crippen LogP) is 3.52. The average Bonchev–Trinajstić information content (AvgIpc) is 3.39. The van der Waals surface area contributed by atoms with E-state index in [2.05, 4.69) is 20.4 Å². The van der Waals surface area contributed by atoms with E-state index in [1.165, 1.54) is 6.07 Å². The summed E-state index contributed by atoms with van der Waals surface area (Å²) in [5.41, 5.74) is -0.899. The number of imidazole rings is 1. The van der Waals surface area contributed by atoms with Crippen LogP contribution in [0.4, 0.5) is 27.9 Å². The number of likely N-dealkylation sites (tertiary alicyclic amines) is 1. The topological polar surface area (TPSA) is 81.7 Å². The molecule has 1 aromatic carbocycles. The van der Waals surface area contributed by atoms with Crippen molar-refractivity contribution < 1.29 is 35.5 Å². The van der Waals surface area contributed by atoms with E-state index in [-0.39, 0.29) is 46.2 Å². The number of aromatic nitrogens is 5. The van der Waals surface area contributed by atoms with Crippen molar-refractivity contribution >= 4 is 22.5 Å². The molecular weight excluding hydrogens is 513 g/mol. The first-order valence-corrected chi connectivity index (χ1v) is 11.9. The summed E-state index contributed by atoms with van der Waals surface area (Å²) in [5.74, 6) is -2.62. The SMILES string of the molecule is [2H]C([2H])([2H])Oc1nc(N[C@@H]2CCN(C3COC3)C[C@@H]2F)nn2cc(F)c(-c3cc(F)c4ncn(CC(F)F)c4c3)c12. The number of hydrogen-bond donors (Lipinski definition) is 1. The van der Waals surface area contributed by atoms with E-state index in [1.807, 2.05) is 4.90 Å². The molecule has 3 aromatic heterocycles. The van der Waals surface area contributed by atoms with E-state index in [0.717, 1.165) is 27.7 Å². The molecule has 2 aliphatic heterocycles. The second kappa shape index (κ2) is 9.66. The molecule has 0 spiro atoms. The largest absolute Gasteiger partial charge is 0.479 e. The van der Waals surface area contributed by atoms with Crippen molar-refractivity contribution in [3.8, 4) is 17.0 Å². The molecule has 1 N–H and O–H groups in total. The van der Waals surface area contributed by atoms with Gasteiger partial charge >= 0.3 is 0 Å². The van der Waals surface area contributed by atoms with Crippen LogP contribution in [0, 0.1) is 11.6 Å². The van der Waals surface area contributed by atoms with E-state index in [0.29, 0.717) is 26.2 Å². The van der Waals surface area contributed by atoms with Crippen LogP contribution in [0.15, 0.2) is 24.7 Å². The number of alkyl halides is 3. The van der Waals surface area contributed by atoms with Crippen molar-refractivity contribution in [3.05, 3.63) is 36.3 Å². The molecular formula is C24H24F5N7O2. The Labute approximate surface area is 217 Å². The number of hydrogen-bond acceptors (Lipinski definition) is 7. The Morgan fingerprint density at radius 3 is 2.82 bits per heavy atom. The smallest absolute Gasteiger partial charge is 0.256 e. The van der Waals surface area contributed by atoms with Gasteiger partial charge in [0.2, 0.25) is 11.8 Å². The number of ether oxygens (including phenoxy) is 2. The Kier molecular flexibility index (Phi) is 5.44. The zero-order chi connectivity index (χ0) is 29.1. The van der Waals surface area contributed by atoms with Crippen LogP contribution >= 0.6 is 0 Å². The molecule has 6 rings (SSSR count). The second-order valence-electron chi connectivity index (χ2n) is 9.34. The number of halogens is 5. The van der Waals surface area contributed by atoms with Crippen LogP contribution < -0.4 is 10.1 Å². The van der Waals surface area contributed by atoms with Gasteiger partial charge in [-0.2, -0.15) is 4.98 Å². The molecule has 38 heavy (non-hydrogen) atoms. The Morgan fingerprint density at radius 1 is 1.26 bits per heavy atom. The van der Waals surface area contributed by atoms with Crippen molar-refractivity contribution in [2.45, 2.75) is 37.6 Å². The van der Waals surface area contributed by atoms with Crippen LogP contribution in [0.2, 0.25) is 0 Å². The van der Waals surface area contributed by atoms with Crippen molar-refractivity contribution in [1.29, 1.82) is 0 Å². The van der Waals surface area contributed by atoms with E-state index < -0.39 is 49.7 Å². The van der Waals surface area contributed by atoms with Crippen molar-refractivity contribution in [1.82, 2.24) is 29.0 Å². The van der Waals surface area contributed by atoms with Gasteiger partial charge in [0.05, 0.1) is 66.6 Å². The van der Waals surface area contributed by atoms with E-state index in [1.54, 1.807) is 0 Å². The van der Waals surface area contributed by atoms with Gasteiger partial charge in [-0.15, -0.1) is 5.10 Å². The van der Waals surface area contributed by atoms with Crippen LogP contribution in [0.3, 0.4) is 0 Å². The third kappa shape index (κ3) is 4.30. The normalized spacial score (nSPS) is 22.4. The molecule has 9 nitrogen and oxygen atoms in total. The van der Waals surface area contributed by atoms with E-state index in [4.69, 9.17) is 13.6 Å². The van der Waals surface area contributed by atoms with Crippen molar-refractivity contribution in [2.75, 3.05) is 38.7 Å². The number of anilines is 1. The van der Waals surface area contributed by atoms with Crippen LogP contribution in [0.5, 0.6) is 5.88 Å². The molecule has 0 amide bonds. The summed E-state index contributed by atoms with van der Waals surface area (Å²) in [5, 5.41) is 7.06. The standard InChI is InChI=1S/C24H24F5N7O2/c1-37-23-22-20(12-4-14(25)21-18(5-12)35(11-30-21)8-19(28)29)16(27)7-36(22)33-24(32-23)31-17-2-3-34(6-15(17)26)13-9-38-10-13/h4-5,7,11,13,15,17,19H,2-3,6,8-10H2,1H3,(H,31,33)/t15-,17+/m0/s1/i1D3. The zero-order valence-corrected chi connectivity index (χ0v) is 19.8. The maximum absolute atomic E-state index is 15.4. The number of nitrogens with zero attached hydrogens (tertiary/aromatic N) is 6. The summed E-state index contributed by atoms with van der Waals surface area (Å²) in [6.45, 7) is 1.07. The molecule has 0 bridgehead atoms. The number of nitrogens with one attached hydrogen (secondary N) is 1. The summed E-state index contributed by atoms with van der Waals surface area (Å²) in [7, 11) is -3.02. The first kappa shape index (κ1) is 21.4. The molecule has 0 radical (unpaired) electrons. The Morgan fingerprint density at radius 2 is 2.11 bits per heavy atom. The minimum absolute atomic E-state index is 0.0228. The molecule has 2 saturated heterocycles. The Balaban J connectivity index is 1.39. The molecule has 2 aliphatic rings. The van der Waals surface area contributed by atoms with Crippen molar-refractivity contribution in [2.24, 2.45) is 0 Å². The van der Waals surface area contributed by atoms with Gasteiger partial charge in [0, 0.05) is 13.1 Å². The van der Waals surface area contributed by atoms with Gasteiger partial charge in [0.1, 0.15) is 17.2 Å². The monoisotopic (exact) mass is 540 g/mol. The molecule has 0 unspecified atom stereocenters. The summed E-state index contributed by atoms with van der Waals surface area (Å²) in [4.78, 5) is 9.94. The van der Waals surface area contributed by atoms with Gasteiger partial charge in [0.25, 0.3) is 6.43 Å². The van der Waals surface area contributed by atoms with Crippen LogP contribution in [0.25, 0.3) is 27.7 Å². The lowest BCUT2D eigenvalue weighted by molar-refractivity contribution is -0.0794. The molecule has 0 aliphatic carbocycles. The minimum atomic E-state index is -3.02. The number of fused-ring (bicyclic) bond motifs is 2. The van der Waals surface area contributed by atoms with Crippen LogP contribution in [-0.2, 0) is 11.3 Å². The first-order chi connectivity index (χ1) is 19.5. The molecule has 0 saturated carbocycles. The molecule has 202 valence electrons. The fourth-order valence-corrected chi connectivity index (χ4v) is 5.01. The van der Waals surface area contributed by atoms with E-state index >= 15 is 8.78 Å². The lowest BCUT2D eigenvalue weighted by Gasteiger charge is -2.42. The predicted molar refractivity (Wildman–Crippen MR) is 127 cm³/mol. The number of benzene rings is 1. The summed E-state index contributed by atoms with van der Waals surface area (Å²) in [6, 6.07) is 1.66. The molecule has 2 atom stereocenters. The third-order valence-electron chi connectivity index (χ3n) is 6.98. The highest BCUT2D eigenvalue weighted by atomic mass is 19.3. The van der Waals surface area contributed by atoms with Gasteiger partial charge in [0.15, 0.2) is 11.6 Å². The first-order valence-electron chi connectivity index (χ1n) is 13.4. The maximum atomic E-state index is 15.4. The van der Waals surface area contributed by atoms with Gasteiger partial charge in [-0.25, -0.2) is 31.5 Å². The van der Waals surface area contributed by atoms with Crippen molar-refractivity contribution in [3.63, 3.8) is 0 Å². The molecule has 14 heteroatoms. The highest BCUT2D eigenvalue weighted by Crippen LogP contribution is 2.36. The van der Waals surface area contributed by atoms with Crippen LogP contribution in [-0.4, -0.2) is 87.1 Å². The zero-order valence-electron chi connectivity index (χ0n) is 22.8. The number of piperidine rings is 1. The lowest BCUT2D eigenvalue weighted by Crippen LogP contribution is -2.57. The van der Waals surface area contributed by atoms with Gasteiger partial charge < -0.3 is 19.4 Å². The lowest BCUT2D eigenvalue weighted by atomic mass is 10.0. The average molecular weight is 541 g/mol. The highest BCUT2D eigenvalue weighted by molar-refractivity contribution is 5.90. The van der Waals surface area contributed by atoms with Crippen LogP contribution in [0.1, 0.15) is 10.5 Å². The maximum Gasteiger partial charge on any atom is 0.256 e. The Hall–Kier alpha value is -3.52. The summed E-state index contributed by atoms with van der Waals surface area (Å²) < 4.78 is 107. The van der Waals surface area contributed by atoms with Gasteiger partial charge in [-0.05, 0) is 24.1 Å². The fraction of sp³-hybridized carbons (Fsp3) is 0.458. The summed E-state index contributed by atoms with van der Waals surface area (Å²) in [6.07, 6.45) is -1.71. The minimum Gasteiger partial charge on any atom is -0.479 e. The molecule has 5 heterocycles.